The maximum absolute atomic E-state index is 12.2. The van der Waals surface area contributed by atoms with E-state index < -0.39 is 0 Å². The molecule has 1 aromatic carbocycles. The van der Waals surface area contributed by atoms with Gasteiger partial charge in [0.2, 0.25) is 5.91 Å². The van der Waals surface area contributed by atoms with Crippen LogP contribution in [0.15, 0.2) is 52.9 Å². The Morgan fingerprint density at radius 1 is 1.15 bits per heavy atom. The normalized spacial score (nSPS) is 10.6. The second kappa shape index (κ2) is 8.35. The molecule has 2 amide bonds. The first kappa shape index (κ1) is 18.4. The fraction of sp³-hybridized carbons (Fsp3) is 0.250. The Bertz CT molecular complexity index is 928. The van der Waals surface area contributed by atoms with Crippen molar-refractivity contribution in [1.29, 1.82) is 0 Å². The zero-order chi connectivity index (χ0) is 19.2. The van der Waals surface area contributed by atoms with Crippen molar-refractivity contribution in [3.05, 3.63) is 71.3 Å². The van der Waals surface area contributed by atoms with E-state index >= 15 is 0 Å². The summed E-state index contributed by atoms with van der Waals surface area (Å²) in [6.45, 7) is 2.12. The van der Waals surface area contributed by atoms with Gasteiger partial charge >= 0.3 is 0 Å². The summed E-state index contributed by atoms with van der Waals surface area (Å²) >= 11 is 0. The molecule has 0 radical (unpaired) electrons. The molecule has 0 fully saturated rings. The average molecular weight is 366 g/mol. The van der Waals surface area contributed by atoms with Crippen molar-refractivity contribution in [2.24, 2.45) is 7.05 Å². The molecule has 0 saturated carbocycles. The molecule has 0 saturated heterocycles. The summed E-state index contributed by atoms with van der Waals surface area (Å²) in [5, 5.41) is 9.70. The largest absolute Gasteiger partial charge is 0.465 e. The number of carbonyl (C=O) groups is 2. The number of amides is 2. The van der Waals surface area contributed by atoms with Crippen molar-refractivity contribution in [2.75, 3.05) is 5.32 Å². The Balaban J connectivity index is 1.53. The van der Waals surface area contributed by atoms with Crippen LogP contribution >= 0.6 is 0 Å². The van der Waals surface area contributed by atoms with Gasteiger partial charge in [0.15, 0.2) is 5.69 Å². The van der Waals surface area contributed by atoms with Gasteiger partial charge in [0, 0.05) is 19.5 Å². The second-order valence-electron chi connectivity index (χ2n) is 6.27. The van der Waals surface area contributed by atoms with Crippen molar-refractivity contribution in [1.82, 2.24) is 15.1 Å². The first-order valence-corrected chi connectivity index (χ1v) is 8.72. The molecule has 0 spiro atoms. The predicted octanol–water partition coefficient (Wildman–Crippen LogP) is 2.82. The highest BCUT2D eigenvalue weighted by atomic mass is 16.3. The number of benzene rings is 1. The first-order chi connectivity index (χ1) is 13.0. The van der Waals surface area contributed by atoms with Crippen LogP contribution in [-0.2, 0) is 24.8 Å². The van der Waals surface area contributed by atoms with Gasteiger partial charge in [-0.15, -0.1) is 0 Å². The fourth-order valence-electron chi connectivity index (χ4n) is 2.64. The fourth-order valence-corrected chi connectivity index (χ4v) is 2.64. The second-order valence-corrected chi connectivity index (χ2v) is 6.27. The van der Waals surface area contributed by atoms with E-state index in [0.29, 0.717) is 24.4 Å². The molecule has 7 nitrogen and oxygen atoms in total. The van der Waals surface area contributed by atoms with Gasteiger partial charge < -0.3 is 15.1 Å². The monoisotopic (exact) mass is 366 g/mol. The average Bonchev–Trinajstić information content (AvgIpc) is 3.24. The molecule has 0 unspecified atom stereocenters. The summed E-state index contributed by atoms with van der Waals surface area (Å²) in [6.07, 6.45) is 1.01. The number of nitrogens with zero attached hydrogens (tertiary/aromatic N) is 2. The maximum atomic E-state index is 12.2. The van der Waals surface area contributed by atoms with Crippen LogP contribution in [0.2, 0.25) is 0 Å². The van der Waals surface area contributed by atoms with Crippen molar-refractivity contribution < 1.29 is 14.0 Å². The van der Waals surface area contributed by atoms with E-state index in [1.807, 2.05) is 49.4 Å². The first-order valence-electron chi connectivity index (χ1n) is 8.72. The van der Waals surface area contributed by atoms with Crippen molar-refractivity contribution in [3.63, 3.8) is 0 Å². The highest BCUT2D eigenvalue weighted by molar-refractivity contribution is 5.95. The predicted molar refractivity (Wildman–Crippen MR) is 101 cm³/mol. The SMILES string of the molecule is Cc1ccc(CNC(=O)c2cc(NC(=O)CCc3ccccc3)n(C)n2)o1. The van der Waals surface area contributed by atoms with E-state index in [1.54, 1.807) is 13.1 Å². The highest BCUT2D eigenvalue weighted by Gasteiger charge is 2.15. The third-order valence-electron chi connectivity index (χ3n) is 4.08. The van der Waals surface area contributed by atoms with Gasteiger partial charge in [-0.05, 0) is 31.0 Å². The number of rotatable bonds is 7. The molecule has 140 valence electrons. The Hall–Kier alpha value is -3.35. The van der Waals surface area contributed by atoms with Gasteiger partial charge in [-0.25, -0.2) is 0 Å². The third kappa shape index (κ3) is 5.07. The number of anilines is 1. The third-order valence-corrected chi connectivity index (χ3v) is 4.08. The molecule has 0 bridgehead atoms. The minimum absolute atomic E-state index is 0.125. The van der Waals surface area contributed by atoms with Gasteiger partial charge in [-0.1, -0.05) is 30.3 Å². The van der Waals surface area contributed by atoms with Gasteiger partial charge in [0.25, 0.3) is 5.91 Å². The van der Waals surface area contributed by atoms with Crippen LogP contribution < -0.4 is 10.6 Å². The van der Waals surface area contributed by atoms with E-state index in [0.717, 1.165) is 11.3 Å². The zero-order valence-electron chi connectivity index (χ0n) is 15.4. The van der Waals surface area contributed by atoms with Crippen LogP contribution in [0, 0.1) is 6.92 Å². The number of aromatic nitrogens is 2. The lowest BCUT2D eigenvalue weighted by Gasteiger charge is -2.05. The minimum atomic E-state index is -0.329. The number of nitrogens with one attached hydrogen (secondary N) is 2. The smallest absolute Gasteiger partial charge is 0.272 e. The van der Waals surface area contributed by atoms with Crippen LogP contribution in [0.5, 0.6) is 0 Å². The standard InChI is InChI=1S/C20H22N4O3/c1-14-8-10-16(27-14)13-21-20(26)17-12-18(24(2)23-17)22-19(25)11-9-15-6-4-3-5-7-15/h3-8,10,12H,9,11,13H2,1-2H3,(H,21,26)(H,22,25). The van der Waals surface area contributed by atoms with Gasteiger partial charge in [0.1, 0.15) is 17.3 Å². The van der Waals surface area contributed by atoms with E-state index in [9.17, 15) is 9.59 Å². The molecule has 27 heavy (non-hydrogen) atoms. The molecule has 0 aliphatic carbocycles. The molecule has 0 atom stereocenters. The molecule has 2 N–H and O–H groups in total. The molecule has 3 aromatic rings. The molecule has 3 rings (SSSR count). The van der Waals surface area contributed by atoms with E-state index in [4.69, 9.17) is 4.42 Å². The van der Waals surface area contributed by atoms with Crippen LogP contribution in [0.3, 0.4) is 0 Å². The van der Waals surface area contributed by atoms with Crippen LogP contribution in [0.4, 0.5) is 5.82 Å². The quantitative estimate of drug-likeness (QED) is 0.673. The molecular weight excluding hydrogens is 344 g/mol. The van der Waals surface area contributed by atoms with Crippen LogP contribution in [0.1, 0.15) is 34.0 Å². The number of furan rings is 1. The Kier molecular flexibility index (Phi) is 5.71. The minimum Gasteiger partial charge on any atom is -0.465 e. The highest BCUT2D eigenvalue weighted by Crippen LogP contribution is 2.11. The molecule has 2 heterocycles. The van der Waals surface area contributed by atoms with Gasteiger partial charge in [-0.3, -0.25) is 14.3 Å². The number of carbonyl (C=O) groups excluding carboxylic acids is 2. The van der Waals surface area contributed by atoms with Gasteiger partial charge in [-0.2, -0.15) is 5.10 Å². The summed E-state index contributed by atoms with van der Waals surface area (Å²) in [5.41, 5.74) is 1.34. The number of hydrogen-bond donors (Lipinski definition) is 2. The Morgan fingerprint density at radius 2 is 1.93 bits per heavy atom. The lowest BCUT2D eigenvalue weighted by atomic mass is 10.1. The van der Waals surface area contributed by atoms with Crippen LogP contribution in [-0.4, -0.2) is 21.6 Å². The maximum Gasteiger partial charge on any atom is 0.272 e. The lowest BCUT2D eigenvalue weighted by Crippen LogP contribution is -2.23. The van der Waals surface area contributed by atoms with Gasteiger partial charge in [0.05, 0.1) is 6.54 Å². The van der Waals surface area contributed by atoms with E-state index in [2.05, 4.69) is 15.7 Å². The Labute approximate surface area is 157 Å². The summed E-state index contributed by atoms with van der Waals surface area (Å²) in [6, 6.07) is 15.0. The molecular formula is C20H22N4O3. The zero-order valence-corrected chi connectivity index (χ0v) is 15.4. The molecule has 7 heteroatoms. The number of aryl methyl sites for hydroxylation is 3. The summed E-state index contributed by atoms with van der Waals surface area (Å²) in [7, 11) is 1.68. The Morgan fingerprint density at radius 3 is 2.63 bits per heavy atom. The van der Waals surface area contributed by atoms with E-state index in [-0.39, 0.29) is 24.1 Å². The summed E-state index contributed by atoms with van der Waals surface area (Å²) in [4.78, 5) is 24.4. The van der Waals surface area contributed by atoms with Crippen molar-refractivity contribution in [3.8, 4) is 0 Å². The van der Waals surface area contributed by atoms with Crippen LogP contribution in [0.25, 0.3) is 0 Å². The van der Waals surface area contributed by atoms with Crippen molar-refractivity contribution >= 4 is 17.6 Å². The summed E-state index contributed by atoms with van der Waals surface area (Å²) in [5.74, 6) is 1.49. The summed E-state index contributed by atoms with van der Waals surface area (Å²) < 4.78 is 6.90. The van der Waals surface area contributed by atoms with Crippen molar-refractivity contribution in [2.45, 2.75) is 26.3 Å². The lowest BCUT2D eigenvalue weighted by molar-refractivity contribution is -0.116. The number of hydrogen-bond acceptors (Lipinski definition) is 4. The topological polar surface area (TPSA) is 89.2 Å². The molecule has 2 aromatic heterocycles. The van der Waals surface area contributed by atoms with E-state index in [1.165, 1.54) is 4.68 Å². The molecule has 0 aliphatic rings. The molecule has 0 aliphatic heterocycles.